The maximum atomic E-state index is 14.6. The average molecular weight is 605 g/mol. The number of fused-ring (bicyclic) bond motifs is 5. The van der Waals surface area contributed by atoms with Crippen LogP contribution in [-0.2, 0) is 0 Å². The van der Waals surface area contributed by atoms with Crippen LogP contribution in [0.4, 0.5) is 11.4 Å². The Bertz CT molecular complexity index is 1790. The maximum absolute atomic E-state index is 14.6. The zero-order valence-electron chi connectivity index (χ0n) is 21.4. The Labute approximate surface area is 243 Å². The molecule has 1 saturated heterocycles. The Kier molecular flexibility index (Phi) is 5.66. The molecule has 0 N–H and O–H groups in total. The number of non-ortho nitro benzene ring substituents is 1. The van der Waals surface area contributed by atoms with Gasteiger partial charge in [-0.15, -0.1) is 0 Å². The fourth-order valence-electron chi connectivity index (χ4n) is 6.90. The van der Waals surface area contributed by atoms with Gasteiger partial charge in [-0.05, 0) is 29.3 Å². The number of anilines is 1. The van der Waals surface area contributed by atoms with E-state index in [-0.39, 0.29) is 22.8 Å². The third-order valence-corrected chi connectivity index (χ3v) is 9.08. The second-order valence-corrected chi connectivity index (χ2v) is 11.4. The molecule has 1 fully saturated rings. The Hall–Kier alpha value is -4.69. The van der Waals surface area contributed by atoms with E-state index < -0.39 is 34.1 Å². The summed E-state index contributed by atoms with van der Waals surface area (Å²) in [5, 5.41) is 11.6. The van der Waals surface area contributed by atoms with Crippen molar-refractivity contribution >= 4 is 50.7 Å². The first-order valence-corrected chi connectivity index (χ1v) is 13.9. The number of halogens is 1. The highest BCUT2D eigenvalue weighted by molar-refractivity contribution is 9.10. The van der Waals surface area contributed by atoms with Crippen molar-refractivity contribution in [1.82, 2.24) is 0 Å². The number of para-hydroxylation sites is 1. The molecule has 0 bridgehead atoms. The lowest BCUT2D eigenvalue weighted by Crippen LogP contribution is -2.48. The summed E-state index contributed by atoms with van der Waals surface area (Å²) >= 11 is 3.47. The molecular formula is C33H21BrN2O5. The predicted molar refractivity (Wildman–Crippen MR) is 157 cm³/mol. The number of carbonyl (C=O) groups excluding carboxylic acids is 3. The van der Waals surface area contributed by atoms with Crippen LogP contribution in [0.25, 0.3) is 6.08 Å². The van der Waals surface area contributed by atoms with Gasteiger partial charge in [0.2, 0.25) is 0 Å². The van der Waals surface area contributed by atoms with E-state index in [0.717, 1.165) is 15.7 Å². The number of nitro groups is 1. The van der Waals surface area contributed by atoms with Gasteiger partial charge in [-0.1, -0.05) is 94.8 Å². The van der Waals surface area contributed by atoms with Gasteiger partial charge < -0.3 is 4.90 Å². The summed E-state index contributed by atoms with van der Waals surface area (Å²) in [6, 6.07) is 25.6. The largest absolute Gasteiger partial charge is 0.352 e. The number of nitrogens with zero attached hydrogens (tertiary/aromatic N) is 2. The first kappa shape index (κ1) is 25.3. The topological polar surface area (TPSA) is 97.6 Å². The van der Waals surface area contributed by atoms with Crippen molar-refractivity contribution in [3.63, 3.8) is 0 Å². The number of benzene rings is 4. The molecule has 7 rings (SSSR count). The molecule has 4 aromatic carbocycles. The molecule has 0 radical (unpaired) electrons. The number of ketones is 3. The molecule has 0 saturated carbocycles. The predicted octanol–water partition coefficient (Wildman–Crippen LogP) is 6.67. The summed E-state index contributed by atoms with van der Waals surface area (Å²) in [4.78, 5) is 56.8. The first-order valence-electron chi connectivity index (χ1n) is 13.1. The molecule has 3 aliphatic rings. The highest BCUT2D eigenvalue weighted by atomic mass is 79.9. The van der Waals surface area contributed by atoms with Gasteiger partial charge in [0, 0.05) is 44.9 Å². The molecule has 2 heterocycles. The molecule has 2 aliphatic heterocycles. The molecule has 200 valence electrons. The van der Waals surface area contributed by atoms with Crippen LogP contribution >= 0.6 is 15.9 Å². The van der Waals surface area contributed by atoms with Crippen LogP contribution in [0.15, 0.2) is 108 Å². The summed E-state index contributed by atoms with van der Waals surface area (Å²) in [5.41, 5.74) is 1.23. The van der Waals surface area contributed by atoms with E-state index >= 15 is 0 Å². The summed E-state index contributed by atoms with van der Waals surface area (Å²) in [6.07, 6.45) is 3.76. The van der Waals surface area contributed by atoms with Crippen molar-refractivity contribution in [3.8, 4) is 0 Å². The molecule has 4 aromatic rings. The van der Waals surface area contributed by atoms with Gasteiger partial charge in [0.05, 0.1) is 11.0 Å². The molecule has 0 aromatic heterocycles. The second-order valence-electron chi connectivity index (χ2n) is 10.5. The van der Waals surface area contributed by atoms with Gasteiger partial charge in [-0.3, -0.25) is 24.5 Å². The minimum atomic E-state index is -1.62. The van der Waals surface area contributed by atoms with Crippen molar-refractivity contribution in [2.45, 2.75) is 18.0 Å². The van der Waals surface area contributed by atoms with Crippen molar-refractivity contribution in [3.05, 3.63) is 146 Å². The average Bonchev–Trinajstić information content (AvgIpc) is 3.43. The Morgan fingerprint density at radius 2 is 1.51 bits per heavy atom. The minimum absolute atomic E-state index is 0.143. The first-order chi connectivity index (χ1) is 19.8. The molecule has 1 aliphatic carbocycles. The molecule has 3 atom stereocenters. The summed E-state index contributed by atoms with van der Waals surface area (Å²) in [5.74, 6) is -1.92. The lowest BCUT2D eigenvalue weighted by molar-refractivity contribution is -0.384. The van der Waals surface area contributed by atoms with Crippen molar-refractivity contribution < 1.29 is 19.3 Å². The van der Waals surface area contributed by atoms with Crippen LogP contribution in [0.5, 0.6) is 0 Å². The summed E-state index contributed by atoms with van der Waals surface area (Å²) in [7, 11) is 0. The smallest absolute Gasteiger partial charge is 0.270 e. The SMILES string of the molecule is O=C(c1cccc([N+](=O)[O-])c1)C1C(c2ccc(Br)cc2)C2(C(=O)c3ccccc3C2=O)C2C=Cc3ccccc3N12. The summed E-state index contributed by atoms with van der Waals surface area (Å²) < 4.78 is 0.810. The second kappa shape index (κ2) is 9.17. The third-order valence-electron chi connectivity index (χ3n) is 8.55. The molecule has 8 heteroatoms. The minimum Gasteiger partial charge on any atom is -0.352 e. The van der Waals surface area contributed by atoms with E-state index in [1.54, 1.807) is 30.3 Å². The number of hydrogen-bond acceptors (Lipinski definition) is 6. The van der Waals surface area contributed by atoms with E-state index in [9.17, 15) is 24.5 Å². The zero-order chi connectivity index (χ0) is 28.5. The standard InChI is InChI=1S/C33H21BrN2O5/c34-22-15-12-20(13-16-22)28-29(30(37)21-7-5-8-23(18-21)36(40)41)35-26-11-4-1-6-19(26)14-17-27(35)33(28)31(38)24-9-2-3-10-25(24)32(33)39/h1-18,27-29H. The van der Waals surface area contributed by atoms with E-state index in [4.69, 9.17) is 0 Å². The van der Waals surface area contributed by atoms with Crippen molar-refractivity contribution in [2.24, 2.45) is 5.41 Å². The fourth-order valence-corrected chi connectivity index (χ4v) is 7.17. The molecule has 41 heavy (non-hydrogen) atoms. The monoisotopic (exact) mass is 604 g/mol. The molecule has 7 nitrogen and oxygen atoms in total. The van der Waals surface area contributed by atoms with E-state index in [0.29, 0.717) is 16.7 Å². The zero-order valence-corrected chi connectivity index (χ0v) is 23.0. The van der Waals surface area contributed by atoms with Crippen LogP contribution in [0.3, 0.4) is 0 Å². The van der Waals surface area contributed by atoms with Crippen LogP contribution in [0.1, 0.15) is 48.1 Å². The lowest BCUT2D eigenvalue weighted by atomic mass is 9.64. The van der Waals surface area contributed by atoms with Crippen LogP contribution < -0.4 is 4.90 Å². The van der Waals surface area contributed by atoms with E-state index in [1.807, 2.05) is 65.6 Å². The van der Waals surface area contributed by atoms with Crippen molar-refractivity contribution in [1.29, 1.82) is 0 Å². The molecular weight excluding hydrogens is 584 g/mol. The van der Waals surface area contributed by atoms with Gasteiger partial charge in [0.25, 0.3) is 5.69 Å². The van der Waals surface area contributed by atoms with Gasteiger partial charge in [-0.25, -0.2) is 0 Å². The number of hydrogen-bond donors (Lipinski definition) is 0. The fraction of sp³-hybridized carbons (Fsp3) is 0.121. The van der Waals surface area contributed by atoms with Crippen LogP contribution in [-0.4, -0.2) is 34.4 Å². The molecule has 1 spiro atoms. The Morgan fingerprint density at radius 1 is 0.854 bits per heavy atom. The van der Waals surface area contributed by atoms with Crippen LogP contribution in [0.2, 0.25) is 0 Å². The molecule has 3 unspecified atom stereocenters. The van der Waals surface area contributed by atoms with Gasteiger partial charge in [0.15, 0.2) is 17.3 Å². The van der Waals surface area contributed by atoms with Crippen molar-refractivity contribution in [2.75, 3.05) is 4.90 Å². The van der Waals surface area contributed by atoms with E-state index in [2.05, 4.69) is 15.9 Å². The normalized spacial score (nSPS) is 21.5. The number of carbonyl (C=O) groups is 3. The van der Waals surface area contributed by atoms with Gasteiger partial charge in [0.1, 0.15) is 11.5 Å². The Balaban J connectivity index is 1.54. The number of nitro benzene ring substituents is 1. The van der Waals surface area contributed by atoms with Crippen LogP contribution in [0, 0.1) is 15.5 Å². The number of rotatable bonds is 4. The third kappa shape index (κ3) is 3.47. The summed E-state index contributed by atoms with van der Waals surface area (Å²) in [6.45, 7) is 0. The molecule has 0 amide bonds. The highest BCUT2D eigenvalue weighted by Crippen LogP contribution is 2.61. The quantitative estimate of drug-likeness (QED) is 0.112. The van der Waals surface area contributed by atoms with Gasteiger partial charge >= 0.3 is 0 Å². The Morgan fingerprint density at radius 3 is 2.20 bits per heavy atom. The van der Waals surface area contributed by atoms with E-state index in [1.165, 1.54) is 18.2 Å². The number of Topliss-reactive ketones (excluding diaryl/α,β-unsaturated/α-hetero) is 3. The van der Waals surface area contributed by atoms with Gasteiger partial charge in [-0.2, -0.15) is 0 Å². The maximum Gasteiger partial charge on any atom is 0.270 e. The highest BCUT2D eigenvalue weighted by Gasteiger charge is 2.71. The lowest BCUT2D eigenvalue weighted by Gasteiger charge is -2.37.